The molecule has 1 saturated carbocycles. The molecular formula is C19H27N5O2S. The molecule has 0 radical (unpaired) electrons. The summed E-state index contributed by atoms with van der Waals surface area (Å²) >= 11 is 1.39. The number of piperidine rings is 1. The maximum absolute atomic E-state index is 13.1. The lowest BCUT2D eigenvalue weighted by Gasteiger charge is -2.57. The third kappa shape index (κ3) is 3.16. The van der Waals surface area contributed by atoms with E-state index in [2.05, 4.69) is 14.5 Å². The maximum Gasteiger partial charge on any atom is 0.275 e. The molecule has 3 aliphatic heterocycles. The Hall–Kier alpha value is -1.54. The van der Waals surface area contributed by atoms with Gasteiger partial charge in [-0.1, -0.05) is 4.49 Å². The number of carbonyl (C=O) groups is 2. The Balaban J connectivity index is 1.26. The number of nitrogens with zero attached hydrogens (tertiary/aromatic N) is 5. The quantitative estimate of drug-likeness (QED) is 0.784. The molecule has 1 atom stereocenters. The van der Waals surface area contributed by atoms with Gasteiger partial charge < -0.3 is 9.80 Å². The SMILES string of the molecule is O=C(CN1CC[C@]12CCCN(C(=O)c1nnsc1C1CC1)C2)N1CCCC1. The van der Waals surface area contributed by atoms with Gasteiger partial charge in [0.15, 0.2) is 5.69 Å². The van der Waals surface area contributed by atoms with Crippen molar-refractivity contribution in [1.29, 1.82) is 0 Å². The molecule has 4 aliphatic rings. The monoisotopic (exact) mass is 389 g/mol. The van der Waals surface area contributed by atoms with Crippen LogP contribution in [0.1, 0.15) is 66.2 Å². The molecule has 8 heteroatoms. The average molecular weight is 390 g/mol. The number of amides is 2. The molecule has 0 aromatic carbocycles. The van der Waals surface area contributed by atoms with Crippen LogP contribution in [0.4, 0.5) is 0 Å². The molecule has 4 heterocycles. The van der Waals surface area contributed by atoms with Gasteiger partial charge in [0.2, 0.25) is 5.91 Å². The summed E-state index contributed by atoms with van der Waals surface area (Å²) in [5.74, 6) is 0.804. The van der Waals surface area contributed by atoms with Crippen LogP contribution in [0, 0.1) is 0 Å². The van der Waals surface area contributed by atoms with Crippen LogP contribution in [0.15, 0.2) is 0 Å². The smallest absolute Gasteiger partial charge is 0.275 e. The van der Waals surface area contributed by atoms with Crippen LogP contribution in [-0.4, -0.2) is 80.9 Å². The van der Waals surface area contributed by atoms with E-state index in [9.17, 15) is 9.59 Å². The molecule has 2 amide bonds. The number of rotatable bonds is 4. The van der Waals surface area contributed by atoms with Crippen molar-refractivity contribution in [3.8, 4) is 0 Å². The molecule has 1 aromatic heterocycles. The molecule has 27 heavy (non-hydrogen) atoms. The first-order valence-electron chi connectivity index (χ1n) is 10.3. The highest BCUT2D eigenvalue weighted by atomic mass is 32.1. The van der Waals surface area contributed by atoms with Crippen LogP contribution in [0.25, 0.3) is 0 Å². The van der Waals surface area contributed by atoms with Crippen molar-refractivity contribution in [2.75, 3.05) is 39.3 Å². The molecule has 3 saturated heterocycles. The topological polar surface area (TPSA) is 69.6 Å². The summed E-state index contributed by atoms with van der Waals surface area (Å²) in [6.07, 6.45) is 7.72. The average Bonchev–Trinajstić information content (AvgIpc) is 3.18. The first kappa shape index (κ1) is 17.6. The van der Waals surface area contributed by atoms with E-state index in [0.29, 0.717) is 18.2 Å². The van der Waals surface area contributed by atoms with Crippen molar-refractivity contribution < 1.29 is 9.59 Å². The summed E-state index contributed by atoms with van der Waals surface area (Å²) < 4.78 is 4.05. The zero-order valence-corrected chi connectivity index (χ0v) is 16.5. The summed E-state index contributed by atoms with van der Waals surface area (Å²) in [5.41, 5.74) is 0.575. The fraction of sp³-hybridized carbons (Fsp3) is 0.789. The van der Waals surface area contributed by atoms with Gasteiger partial charge >= 0.3 is 0 Å². The Morgan fingerprint density at radius 1 is 1.04 bits per heavy atom. The summed E-state index contributed by atoms with van der Waals surface area (Å²) in [6.45, 7) is 4.80. The van der Waals surface area contributed by atoms with E-state index in [4.69, 9.17) is 0 Å². The second-order valence-electron chi connectivity index (χ2n) is 8.57. The molecular weight excluding hydrogens is 362 g/mol. The van der Waals surface area contributed by atoms with Crippen LogP contribution in [0.5, 0.6) is 0 Å². The van der Waals surface area contributed by atoms with E-state index >= 15 is 0 Å². The van der Waals surface area contributed by atoms with E-state index in [-0.39, 0.29) is 17.4 Å². The summed E-state index contributed by atoms with van der Waals surface area (Å²) in [6, 6.07) is 0. The van der Waals surface area contributed by atoms with Gasteiger partial charge in [0, 0.05) is 38.3 Å². The minimum atomic E-state index is -0.00745. The van der Waals surface area contributed by atoms with Gasteiger partial charge in [0.1, 0.15) is 0 Å². The highest BCUT2D eigenvalue weighted by Crippen LogP contribution is 2.44. The Kier molecular flexibility index (Phi) is 4.43. The first-order valence-corrected chi connectivity index (χ1v) is 11.1. The second kappa shape index (κ2) is 6.81. The molecule has 0 bridgehead atoms. The Morgan fingerprint density at radius 2 is 1.81 bits per heavy atom. The van der Waals surface area contributed by atoms with Crippen LogP contribution in [-0.2, 0) is 4.79 Å². The van der Waals surface area contributed by atoms with Crippen molar-refractivity contribution in [3.63, 3.8) is 0 Å². The zero-order chi connectivity index (χ0) is 18.4. The highest BCUT2D eigenvalue weighted by molar-refractivity contribution is 7.06. The number of aromatic nitrogens is 2. The highest BCUT2D eigenvalue weighted by Gasteiger charge is 2.49. The normalized spacial score (nSPS) is 28.6. The number of hydrogen-bond donors (Lipinski definition) is 0. The van der Waals surface area contributed by atoms with Gasteiger partial charge in [-0.3, -0.25) is 14.5 Å². The standard InChI is InChI=1S/C19H27N5O2S/c25-15(22-8-1-2-9-22)12-24-11-7-19(24)6-3-10-23(13-19)18(26)16-17(14-4-5-14)27-21-20-16/h14H,1-13H2/t19-/m0/s1. The van der Waals surface area contributed by atoms with Crippen molar-refractivity contribution in [2.45, 2.75) is 56.4 Å². The lowest BCUT2D eigenvalue weighted by molar-refractivity contribution is -0.138. The fourth-order valence-corrected chi connectivity index (χ4v) is 5.73. The van der Waals surface area contributed by atoms with Crippen LogP contribution in [0.2, 0.25) is 0 Å². The largest absolute Gasteiger partial charge is 0.342 e. The van der Waals surface area contributed by atoms with Crippen LogP contribution < -0.4 is 0 Å². The van der Waals surface area contributed by atoms with Crippen LogP contribution >= 0.6 is 11.5 Å². The van der Waals surface area contributed by atoms with Gasteiger partial charge in [0.05, 0.1) is 11.4 Å². The molecule has 1 aliphatic carbocycles. The Labute approximate surface area is 163 Å². The molecule has 146 valence electrons. The van der Waals surface area contributed by atoms with E-state index < -0.39 is 0 Å². The number of hydrogen-bond acceptors (Lipinski definition) is 6. The minimum Gasteiger partial charge on any atom is -0.342 e. The lowest BCUT2D eigenvalue weighted by Crippen LogP contribution is -2.68. The minimum absolute atomic E-state index is 0.00745. The Bertz CT molecular complexity index is 742. The van der Waals surface area contributed by atoms with Gasteiger partial charge in [-0.15, -0.1) is 5.10 Å². The molecule has 0 unspecified atom stereocenters. The molecule has 0 N–H and O–H groups in total. The predicted octanol–water partition coefficient (Wildman–Crippen LogP) is 1.72. The summed E-state index contributed by atoms with van der Waals surface area (Å²) in [7, 11) is 0. The van der Waals surface area contributed by atoms with Gasteiger partial charge in [-0.25, -0.2) is 0 Å². The lowest BCUT2D eigenvalue weighted by atomic mass is 9.77. The van der Waals surface area contributed by atoms with Crippen molar-refractivity contribution >= 4 is 23.3 Å². The maximum atomic E-state index is 13.1. The first-order chi connectivity index (χ1) is 13.2. The number of carbonyl (C=O) groups excluding carboxylic acids is 2. The summed E-state index contributed by atoms with van der Waals surface area (Å²) in [4.78, 5) is 33.1. The van der Waals surface area contributed by atoms with Crippen LogP contribution in [0.3, 0.4) is 0 Å². The molecule has 5 rings (SSSR count). The summed E-state index contributed by atoms with van der Waals surface area (Å²) in [5, 5.41) is 4.17. The van der Waals surface area contributed by atoms with Gasteiger partial charge in [-0.05, 0) is 62.4 Å². The van der Waals surface area contributed by atoms with Gasteiger partial charge in [-0.2, -0.15) is 0 Å². The van der Waals surface area contributed by atoms with E-state index in [1.807, 2.05) is 9.80 Å². The van der Waals surface area contributed by atoms with E-state index in [1.165, 1.54) is 11.5 Å². The fourth-order valence-electron chi connectivity index (χ4n) is 4.92. The molecule has 1 spiro atoms. The molecule has 4 fully saturated rings. The third-order valence-electron chi connectivity index (χ3n) is 6.81. The van der Waals surface area contributed by atoms with E-state index in [0.717, 1.165) is 82.5 Å². The van der Waals surface area contributed by atoms with Crippen molar-refractivity contribution in [2.24, 2.45) is 0 Å². The van der Waals surface area contributed by atoms with E-state index in [1.54, 1.807) is 0 Å². The molecule has 7 nitrogen and oxygen atoms in total. The van der Waals surface area contributed by atoms with Gasteiger partial charge in [0.25, 0.3) is 5.91 Å². The predicted molar refractivity (Wildman–Crippen MR) is 102 cm³/mol. The molecule has 1 aromatic rings. The Morgan fingerprint density at radius 3 is 2.52 bits per heavy atom. The van der Waals surface area contributed by atoms with Crippen molar-refractivity contribution in [1.82, 2.24) is 24.3 Å². The van der Waals surface area contributed by atoms with Crippen molar-refractivity contribution in [3.05, 3.63) is 10.6 Å². The zero-order valence-electron chi connectivity index (χ0n) is 15.7. The third-order valence-corrected chi connectivity index (χ3v) is 7.70. The second-order valence-corrected chi connectivity index (χ2v) is 9.36. The number of likely N-dealkylation sites (tertiary alicyclic amines) is 3.